The summed E-state index contributed by atoms with van der Waals surface area (Å²) in [7, 11) is 0. The van der Waals surface area contributed by atoms with E-state index < -0.39 is 0 Å². The molecule has 0 radical (unpaired) electrons. The zero-order chi connectivity index (χ0) is 14.3. The second kappa shape index (κ2) is 4.76. The van der Waals surface area contributed by atoms with Gasteiger partial charge in [-0.05, 0) is 45.0 Å². The Morgan fingerprint density at radius 2 is 2.00 bits per heavy atom. The molecule has 0 aromatic carbocycles. The van der Waals surface area contributed by atoms with Crippen molar-refractivity contribution in [2.45, 2.75) is 27.2 Å². The normalized spacial score (nSPS) is 11.4. The largest absolute Gasteiger partial charge is 0.330 e. The van der Waals surface area contributed by atoms with E-state index in [1.165, 1.54) is 5.56 Å². The van der Waals surface area contributed by atoms with E-state index >= 15 is 0 Å². The lowest BCUT2D eigenvalue weighted by atomic mass is 10.2. The third-order valence-electron chi connectivity index (χ3n) is 3.84. The van der Waals surface area contributed by atoms with Crippen LogP contribution in [0.25, 0.3) is 11.5 Å². The molecule has 3 aromatic rings. The molecule has 2 N–H and O–H groups in total. The van der Waals surface area contributed by atoms with Crippen LogP contribution in [0.3, 0.4) is 0 Å². The summed E-state index contributed by atoms with van der Waals surface area (Å²) >= 11 is 0. The first-order valence-electron chi connectivity index (χ1n) is 6.82. The summed E-state index contributed by atoms with van der Waals surface area (Å²) in [5, 5.41) is 4.62. The minimum absolute atomic E-state index is 0.591. The molecule has 0 saturated carbocycles. The van der Waals surface area contributed by atoms with Crippen molar-refractivity contribution in [3.05, 3.63) is 47.0 Å². The number of hydrogen-bond donors (Lipinski definition) is 1. The Kier molecular flexibility index (Phi) is 3.06. The van der Waals surface area contributed by atoms with Crippen LogP contribution in [0.2, 0.25) is 0 Å². The van der Waals surface area contributed by atoms with Gasteiger partial charge in [0.2, 0.25) is 0 Å². The van der Waals surface area contributed by atoms with Gasteiger partial charge < -0.3 is 10.1 Å². The molecule has 3 heterocycles. The van der Waals surface area contributed by atoms with Gasteiger partial charge in [0, 0.05) is 18.3 Å². The summed E-state index contributed by atoms with van der Waals surface area (Å²) in [6.45, 7) is 6.78. The Morgan fingerprint density at radius 1 is 1.20 bits per heavy atom. The third kappa shape index (κ3) is 1.82. The van der Waals surface area contributed by atoms with Gasteiger partial charge in [0.25, 0.3) is 0 Å². The van der Waals surface area contributed by atoms with Crippen LogP contribution in [-0.4, -0.2) is 25.7 Å². The molecule has 0 fully saturated rings. The molecule has 20 heavy (non-hydrogen) atoms. The third-order valence-corrected chi connectivity index (χ3v) is 3.84. The molecule has 0 aliphatic rings. The fraction of sp³-hybridized carbons (Fsp3) is 0.333. The van der Waals surface area contributed by atoms with Gasteiger partial charge in [0.05, 0.1) is 11.4 Å². The van der Waals surface area contributed by atoms with Gasteiger partial charge in [-0.3, -0.25) is 0 Å². The lowest BCUT2D eigenvalue weighted by molar-refractivity contribution is 0.786. The van der Waals surface area contributed by atoms with Crippen molar-refractivity contribution in [3.63, 3.8) is 0 Å². The predicted molar refractivity (Wildman–Crippen MR) is 79.3 cm³/mol. The SMILES string of the molecule is Cc1nn(-c2nc3ccccn3c2CCN)c(C)c1C. The summed E-state index contributed by atoms with van der Waals surface area (Å²) in [6, 6.07) is 6.00. The van der Waals surface area contributed by atoms with Gasteiger partial charge in [-0.25, -0.2) is 9.67 Å². The van der Waals surface area contributed by atoms with Gasteiger partial charge >= 0.3 is 0 Å². The quantitative estimate of drug-likeness (QED) is 0.790. The first-order valence-corrected chi connectivity index (χ1v) is 6.82. The fourth-order valence-corrected chi connectivity index (χ4v) is 2.50. The van der Waals surface area contributed by atoms with E-state index in [9.17, 15) is 0 Å². The molecule has 0 unspecified atom stereocenters. The van der Waals surface area contributed by atoms with Crippen molar-refractivity contribution in [2.24, 2.45) is 5.73 Å². The topological polar surface area (TPSA) is 61.1 Å². The molecule has 5 nitrogen and oxygen atoms in total. The van der Waals surface area contributed by atoms with Crippen molar-refractivity contribution >= 4 is 5.65 Å². The fourth-order valence-electron chi connectivity index (χ4n) is 2.50. The number of imidazole rings is 1. The van der Waals surface area contributed by atoms with Crippen LogP contribution in [0.4, 0.5) is 0 Å². The zero-order valence-electron chi connectivity index (χ0n) is 12.1. The van der Waals surface area contributed by atoms with Crippen LogP contribution in [0.5, 0.6) is 0 Å². The Bertz CT molecular complexity index is 766. The highest BCUT2D eigenvalue weighted by molar-refractivity contribution is 5.49. The molecule has 0 bridgehead atoms. The minimum Gasteiger partial charge on any atom is -0.330 e. The van der Waals surface area contributed by atoms with Gasteiger partial charge in [0.15, 0.2) is 5.82 Å². The zero-order valence-corrected chi connectivity index (χ0v) is 12.1. The number of pyridine rings is 1. The highest BCUT2D eigenvalue weighted by Gasteiger charge is 2.17. The molecule has 0 aliphatic heterocycles. The highest BCUT2D eigenvalue weighted by Crippen LogP contribution is 2.21. The molecule has 3 aromatic heterocycles. The molecule has 3 rings (SSSR count). The molecular weight excluding hydrogens is 250 g/mol. The van der Waals surface area contributed by atoms with Gasteiger partial charge in [-0.1, -0.05) is 6.07 Å². The van der Waals surface area contributed by atoms with Gasteiger partial charge in [-0.15, -0.1) is 0 Å². The summed E-state index contributed by atoms with van der Waals surface area (Å²) in [5.41, 5.74) is 11.2. The average Bonchev–Trinajstić information content (AvgIpc) is 2.93. The summed E-state index contributed by atoms with van der Waals surface area (Å²) < 4.78 is 4.02. The van der Waals surface area contributed by atoms with Crippen LogP contribution >= 0.6 is 0 Å². The lowest BCUT2D eigenvalue weighted by Gasteiger charge is -2.05. The molecule has 0 spiro atoms. The van der Waals surface area contributed by atoms with E-state index in [2.05, 4.69) is 23.3 Å². The Hall–Kier alpha value is -2.14. The Balaban J connectivity index is 2.29. The molecule has 104 valence electrons. The van der Waals surface area contributed by atoms with Gasteiger partial charge in [0.1, 0.15) is 5.65 Å². The Morgan fingerprint density at radius 3 is 2.65 bits per heavy atom. The van der Waals surface area contributed by atoms with Crippen molar-refractivity contribution in [2.75, 3.05) is 6.54 Å². The molecule has 0 amide bonds. The monoisotopic (exact) mass is 269 g/mol. The number of nitrogens with zero attached hydrogens (tertiary/aromatic N) is 4. The first kappa shape index (κ1) is 12.9. The summed E-state index contributed by atoms with van der Waals surface area (Å²) in [5.74, 6) is 0.885. The molecule has 0 saturated heterocycles. The number of nitrogens with two attached hydrogens (primary N) is 1. The van der Waals surface area contributed by atoms with Crippen LogP contribution in [-0.2, 0) is 6.42 Å². The standard InChI is InChI=1S/C15H19N5/c1-10-11(2)18-20(12(10)3)15-13(7-8-16)19-9-5-4-6-14(19)17-15/h4-6,9H,7-8,16H2,1-3H3. The predicted octanol–water partition coefficient (Wildman–Crippen LogP) is 1.95. The second-order valence-electron chi connectivity index (χ2n) is 5.06. The van der Waals surface area contributed by atoms with E-state index in [0.717, 1.165) is 35.0 Å². The van der Waals surface area contributed by atoms with Crippen molar-refractivity contribution < 1.29 is 0 Å². The number of hydrogen-bond acceptors (Lipinski definition) is 3. The Labute approximate surface area is 118 Å². The molecular formula is C15H19N5. The van der Waals surface area contributed by atoms with E-state index in [1.54, 1.807) is 0 Å². The summed E-state index contributed by atoms with van der Waals surface area (Å²) in [4.78, 5) is 4.72. The lowest BCUT2D eigenvalue weighted by Crippen LogP contribution is -2.10. The van der Waals surface area contributed by atoms with Crippen LogP contribution < -0.4 is 5.73 Å². The van der Waals surface area contributed by atoms with E-state index in [1.807, 2.05) is 36.0 Å². The second-order valence-corrected chi connectivity index (χ2v) is 5.06. The van der Waals surface area contributed by atoms with E-state index in [-0.39, 0.29) is 0 Å². The van der Waals surface area contributed by atoms with Crippen molar-refractivity contribution in [1.29, 1.82) is 0 Å². The maximum atomic E-state index is 5.76. The van der Waals surface area contributed by atoms with Crippen molar-refractivity contribution in [3.8, 4) is 5.82 Å². The van der Waals surface area contributed by atoms with E-state index in [4.69, 9.17) is 10.7 Å². The number of fused-ring (bicyclic) bond motifs is 1. The number of aromatic nitrogens is 4. The maximum absolute atomic E-state index is 5.76. The highest BCUT2D eigenvalue weighted by atomic mass is 15.3. The molecule has 0 atom stereocenters. The molecule has 5 heteroatoms. The maximum Gasteiger partial charge on any atom is 0.175 e. The first-order chi connectivity index (χ1) is 9.63. The number of aryl methyl sites for hydroxylation is 1. The smallest absolute Gasteiger partial charge is 0.175 e. The van der Waals surface area contributed by atoms with E-state index in [0.29, 0.717) is 6.54 Å². The van der Waals surface area contributed by atoms with Gasteiger partial charge in [-0.2, -0.15) is 5.10 Å². The average molecular weight is 269 g/mol. The van der Waals surface area contributed by atoms with Crippen LogP contribution in [0.1, 0.15) is 22.6 Å². The number of rotatable bonds is 3. The summed E-state index contributed by atoms with van der Waals surface area (Å²) in [6.07, 6.45) is 2.80. The minimum atomic E-state index is 0.591. The molecule has 0 aliphatic carbocycles. The van der Waals surface area contributed by atoms with Crippen LogP contribution in [0, 0.1) is 20.8 Å². The van der Waals surface area contributed by atoms with Crippen LogP contribution in [0.15, 0.2) is 24.4 Å². The van der Waals surface area contributed by atoms with Crippen molar-refractivity contribution in [1.82, 2.24) is 19.2 Å².